The zero-order valence-electron chi connectivity index (χ0n) is 12.4. The summed E-state index contributed by atoms with van der Waals surface area (Å²) in [5, 5.41) is 2.62. The van der Waals surface area contributed by atoms with Crippen LogP contribution in [0.2, 0.25) is 0 Å². The molecule has 1 fully saturated rings. The second-order valence-electron chi connectivity index (χ2n) is 5.29. The molecule has 2 rings (SSSR count). The Balaban J connectivity index is 2.40. The molecule has 0 saturated carbocycles. The third-order valence-electron chi connectivity index (χ3n) is 3.87. The van der Waals surface area contributed by atoms with Gasteiger partial charge in [0, 0.05) is 25.7 Å². The number of nitrogens with one attached hydrogen (secondary N) is 1. The molecule has 1 aliphatic rings. The zero-order valence-corrected chi connectivity index (χ0v) is 12.4. The Morgan fingerprint density at radius 3 is 2.67 bits per heavy atom. The Kier molecular flexibility index (Phi) is 4.90. The SMILES string of the molecule is CCC1CCCCCN1c1cc(C(F)(F)F)nc(NC)n1. The molecule has 1 aromatic heterocycles. The Morgan fingerprint density at radius 1 is 1.29 bits per heavy atom. The number of hydrogen-bond acceptors (Lipinski definition) is 4. The monoisotopic (exact) mass is 302 g/mol. The van der Waals surface area contributed by atoms with Crippen molar-refractivity contribution in [3.63, 3.8) is 0 Å². The smallest absolute Gasteiger partial charge is 0.357 e. The summed E-state index contributed by atoms with van der Waals surface area (Å²) < 4.78 is 38.9. The molecule has 1 aromatic rings. The van der Waals surface area contributed by atoms with Crippen LogP contribution in [-0.2, 0) is 6.18 Å². The van der Waals surface area contributed by atoms with Gasteiger partial charge in [0.1, 0.15) is 5.82 Å². The second-order valence-corrected chi connectivity index (χ2v) is 5.29. The summed E-state index contributed by atoms with van der Waals surface area (Å²) in [6.07, 6.45) is 0.652. The molecule has 1 saturated heterocycles. The fraction of sp³-hybridized carbons (Fsp3) is 0.714. The largest absolute Gasteiger partial charge is 0.433 e. The fourth-order valence-electron chi connectivity index (χ4n) is 2.74. The molecule has 0 spiro atoms. The first-order valence-electron chi connectivity index (χ1n) is 7.36. The van der Waals surface area contributed by atoms with E-state index in [9.17, 15) is 13.2 Å². The highest BCUT2D eigenvalue weighted by atomic mass is 19.4. The van der Waals surface area contributed by atoms with E-state index in [-0.39, 0.29) is 12.0 Å². The van der Waals surface area contributed by atoms with Crippen LogP contribution < -0.4 is 10.2 Å². The molecular weight excluding hydrogens is 281 g/mol. The number of rotatable bonds is 3. The first-order valence-corrected chi connectivity index (χ1v) is 7.36. The molecule has 1 unspecified atom stereocenters. The first kappa shape index (κ1) is 15.9. The molecular formula is C14H21F3N4. The first-order chi connectivity index (χ1) is 9.95. The third kappa shape index (κ3) is 3.77. The van der Waals surface area contributed by atoms with Crippen LogP contribution in [0.15, 0.2) is 6.07 Å². The van der Waals surface area contributed by atoms with Crippen molar-refractivity contribution < 1.29 is 13.2 Å². The van der Waals surface area contributed by atoms with Crippen molar-refractivity contribution in [3.05, 3.63) is 11.8 Å². The van der Waals surface area contributed by atoms with E-state index >= 15 is 0 Å². The topological polar surface area (TPSA) is 41.1 Å². The molecule has 2 heterocycles. The van der Waals surface area contributed by atoms with Gasteiger partial charge in [0.2, 0.25) is 5.95 Å². The molecule has 0 aromatic carbocycles. The van der Waals surface area contributed by atoms with Gasteiger partial charge in [-0.1, -0.05) is 19.8 Å². The molecule has 21 heavy (non-hydrogen) atoms. The molecule has 118 valence electrons. The lowest BCUT2D eigenvalue weighted by molar-refractivity contribution is -0.141. The van der Waals surface area contributed by atoms with Crippen LogP contribution in [0.1, 0.15) is 44.7 Å². The summed E-state index contributed by atoms with van der Waals surface area (Å²) >= 11 is 0. The van der Waals surface area contributed by atoms with Crippen LogP contribution in [0.3, 0.4) is 0 Å². The maximum Gasteiger partial charge on any atom is 0.433 e. The van der Waals surface area contributed by atoms with Gasteiger partial charge < -0.3 is 10.2 Å². The van der Waals surface area contributed by atoms with Crippen molar-refractivity contribution in [2.75, 3.05) is 23.8 Å². The van der Waals surface area contributed by atoms with Gasteiger partial charge in [0.05, 0.1) is 0 Å². The maximum atomic E-state index is 13.0. The molecule has 1 atom stereocenters. The van der Waals surface area contributed by atoms with E-state index < -0.39 is 11.9 Å². The lowest BCUT2D eigenvalue weighted by Crippen LogP contribution is -2.35. The van der Waals surface area contributed by atoms with Crippen LogP contribution in [0.4, 0.5) is 24.9 Å². The molecule has 1 aliphatic heterocycles. The highest BCUT2D eigenvalue weighted by Gasteiger charge is 2.34. The summed E-state index contributed by atoms with van der Waals surface area (Å²) in [6, 6.07) is 1.31. The highest BCUT2D eigenvalue weighted by Crippen LogP contribution is 2.32. The van der Waals surface area contributed by atoms with Crippen LogP contribution in [-0.4, -0.2) is 29.6 Å². The van der Waals surface area contributed by atoms with Crippen LogP contribution in [0, 0.1) is 0 Å². The van der Waals surface area contributed by atoms with Crippen LogP contribution >= 0.6 is 0 Å². The highest BCUT2D eigenvalue weighted by molar-refractivity contribution is 5.46. The van der Waals surface area contributed by atoms with Crippen molar-refractivity contribution in [1.29, 1.82) is 0 Å². The van der Waals surface area contributed by atoms with Crippen LogP contribution in [0.25, 0.3) is 0 Å². The minimum absolute atomic E-state index is 0.0129. The lowest BCUT2D eigenvalue weighted by Gasteiger charge is -2.30. The number of hydrogen-bond donors (Lipinski definition) is 1. The molecule has 0 bridgehead atoms. The normalized spacial score (nSPS) is 20.2. The van der Waals surface area contributed by atoms with E-state index in [1.165, 1.54) is 7.05 Å². The molecule has 7 heteroatoms. The van der Waals surface area contributed by atoms with Crippen molar-refractivity contribution in [3.8, 4) is 0 Å². The maximum absolute atomic E-state index is 13.0. The van der Waals surface area contributed by atoms with Gasteiger partial charge in [-0.25, -0.2) is 4.98 Å². The van der Waals surface area contributed by atoms with E-state index in [4.69, 9.17) is 0 Å². The Labute approximate surface area is 122 Å². The predicted molar refractivity (Wildman–Crippen MR) is 76.5 cm³/mol. The molecule has 0 radical (unpaired) electrons. The number of aromatic nitrogens is 2. The summed E-state index contributed by atoms with van der Waals surface area (Å²) in [5.41, 5.74) is -0.893. The van der Waals surface area contributed by atoms with Crippen molar-refractivity contribution in [1.82, 2.24) is 9.97 Å². The van der Waals surface area contributed by atoms with E-state index in [0.717, 1.165) is 44.7 Å². The molecule has 0 aliphatic carbocycles. The van der Waals surface area contributed by atoms with E-state index in [0.29, 0.717) is 5.82 Å². The summed E-state index contributed by atoms with van der Waals surface area (Å²) in [6.45, 7) is 2.81. The van der Waals surface area contributed by atoms with Gasteiger partial charge in [-0.15, -0.1) is 0 Å². The van der Waals surface area contributed by atoms with Gasteiger partial charge in [-0.2, -0.15) is 18.2 Å². The Morgan fingerprint density at radius 2 is 2.05 bits per heavy atom. The number of halogens is 3. The minimum Gasteiger partial charge on any atom is -0.357 e. The van der Waals surface area contributed by atoms with Crippen LogP contribution in [0.5, 0.6) is 0 Å². The van der Waals surface area contributed by atoms with Gasteiger partial charge in [0.15, 0.2) is 5.69 Å². The number of alkyl halides is 3. The molecule has 4 nitrogen and oxygen atoms in total. The Bertz CT molecular complexity index is 476. The van der Waals surface area contributed by atoms with Gasteiger partial charge in [0.25, 0.3) is 0 Å². The summed E-state index contributed by atoms with van der Waals surface area (Å²) in [7, 11) is 1.53. The average molecular weight is 302 g/mol. The molecule has 1 N–H and O–H groups in total. The van der Waals surface area contributed by atoms with Gasteiger partial charge in [-0.05, 0) is 19.3 Å². The van der Waals surface area contributed by atoms with Gasteiger partial charge >= 0.3 is 6.18 Å². The predicted octanol–water partition coefficient (Wildman–Crippen LogP) is 3.70. The number of nitrogens with zero attached hydrogens (tertiary/aromatic N) is 3. The summed E-state index contributed by atoms with van der Waals surface area (Å²) in [4.78, 5) is 9.76. The molecule has 0 amide bonds. The zero-order chi connectivity index (χ0) is 15.5. The summed E-state index contributed by atoms with van der Waals surface area (Å²) in [5.74, 6) is 0.384. The standard InChI is InChI=1S/C14H21F3N4/c1-3-10-7-5-4-6-8-21(10)12-9-11(14(15,16)17)19-13(18-2)20-12/h9-10H,3-8H2,1-2H3,(H,18,19,20). The quantitative estimate of drug-likeness (QED) is 0.924. The van der Waals surface area contributed by atoms with Crippen molar-refractivity contribution in [2.45, 2.75) is 51.2 Å². The minimum atomic E-state index is -4.46. The Hall–Kier alpha value is -1.53. The average Bonchev–Trinajstić information content (AvgIpc) is 2.70. The third-order valence-corrected chi connectivity index (χ3v) is 3.87. The van der Waals surface area contributed by atoms with E-state index in [1.807, 2.05) is 4.90 Å². The van der Waals surface area contributed by atoms with E-state index in [2.05, 4.69) is 22.2 Å². The lowest BCUT2D eigenvalue weighted by atomic mass is 10.1. The fourth-order valence-corrected chi connectivity index (χ4v) is 2.74. The van der Waals surface area contributed by atoms with Crippen molar-refractivity contribution >= 4 is 11.8 Å². The van der Waals surface area contributed by atoms with Crippen molar-refractivity contribution in [2.24, 2.45) is 0 Å². The number of anilines is 2. The van der Waals surface area contributed by atoms with Gasteiger partial charge in [-0.3, -0.25) is 0 Å². The second kappa shape index (κ2) is 6.49. The van der Waals surface area contributed by atoms with E-state index in [1.54, 1.807) is 0 Å².